The van der Waals surface area contributed by atoms with Gasteiger partial charge >= 0.3 is 5.97 Å². The molecule has 0 spiro atoms. The average molecular weight is 510 g/mol. The van der Waals surface area contributed by atoms with Crippen molar-refractivity contribution in [1.29, 1.82) is 0 Å². The van der Waals surface area contributed by atoms with Crippen molar-refractivity contribution in [2.75, 3.05) is 38.0 Å². The summed E-state index contributed by atoms with van der Waals surface area (Å²) in [4.78, 5) is 27.6. The third-order valence-electron chi connectivity index (χ3n) is 5.80. The Morgan fingerprint density at radius 2 is 2.15 bits per heavy atom. The van der Waals surface area contributed by atoms with Crippen molar-refractivity contribution in [3.63, 3.8) is 0 Å². The van der Waals surface area contributed by atoms with Crippen LogP contribution in [-0.4, -0.2) is 79.0 Å². The van der Waals surface area contributed by atoms with Gasteiger partial charge in [0.05, 0.1) is 13.2 Å². The highest BCUT2D eigenvalue weighted by atomic mass is 32.2. The number of thiol groups is 1. The number of benzene rings is 1. The van der Waals surface area contributed by atoms with Gasteiger partial charge in [-0.2, -0.15) is 24.4 Å². The molecule has 1 amide bonds. The molecule has 1 aliphatic heterocycles. The predicted molar refractivity (Wildman–Crippen MR) is 143 cm³/mol. The van der Waals surface area contributed by atoms with Crippen molar-refractivity contribution in [3.05, 3.63) is 42.0 Å². The molecule has 1 fully saturated rings. The number of hydrogen-bond donors (Lipinski definition) is 3. The maximum Gasteiger partial charge on any atom is 0.328 e. The van der Waals surface area contributed by atoms with Gasteiger partial charge < -0.3 is 20.5 Å². The number of thioether (sulfide) groups is 1. The Hall–Kier alpha value is -1.68. The van der Waals surface area contributed by atoms with Crippen molar-refractivity contribution < 1.29 is 19.1 Å². The summed E-state index contributed by atoms with van der Waals surface area (Å²) in [5, 5.41) is 2.92. The molecular formula is C25H39N3O4S2. The third kappa shape index (κ3) is 8.83. The van der Waals surface area contributed by atoms with E-state index < -0.39 is 18.1 Å². The number of amides is 1. The Morgan fingerprint density at radius 3 is 2.82 bits per heavy atom. The maximum atomic E-state index is 13.3. The van der Waals surface area contributed by atoms with E-state index in [1.165, 1.54) is 12.7 Å². The molecule has 0 unspecified atom stereocenters. The van der Waals surface area contributed by atoms with Gasteiger partial charge in [-0.3, -0.25) is 9.69 Å². The number of rotatable bonds is 14. The number of nitrogens with one attached hydrogen (secondary N) is 1. The quantitative estimate of drug-likeness (QED) is 0.202. The first-order valence-corrected chi connectivity index (χ1v) is 13.8. The molecule has 0 saturated carbocycles. The molecule has 2 rings (SSSR count). The number of carbonyl (C=O) groups is 2. The van der Waals surface area contributed by atoms with Crippen molar-refractivity contribution in [1.82, 2.24) is 10.2 Å². The summed E-state index contributed by atoms with van der Waals surface area (Å²) in [5.74, 6) is 1.56. The van der Waals surface area contributed by atoms with E-state index in [1.807, 2.05) is 36.6 Å². The van der Waals surface area contributed by atoms with E-state index >= 15 is 0 Å². The van der Waals surface area contributed by atoms with Crippen LogP contribution in [0.15, 0.2) is 36.4 Å². The number of likely N-dealkylation sites (tertiary alicyclic amines) is 1. The number of methoxy groups -OCH3 is 1. The first-order chi connectivity index (χ1) is 16.4. The first kappa shape index (κ1) is 28.6. The summed E-state index contributed by atoms with van der Waals surface area (Å²) >= 11 is 5.84. The van der Waals surface area contributed by atoms with Gasteiger partial charge in [-0.1, -0.05) is 43.7 Å². The fourth-order valence-electron chi connectivity index (χ4n) is 4.02. The molecule has 1 aromatic carbocycles. The third-order valence-corrected chi connectivity index (χ3v) is 6.87. The van der Waals surface area contributed by atoms with Crippen LogP contribution in [0.3, 0.4) is 0 Å². The van der Waals surface area contributed by atoms with Gasteiger partial charge in [0.1, 0.15) is 17.9 Å². The molecule has 9 heteroatoms. The summed E-state index contributed by atoms with van der Waals surface area (Å²) in [7, 11) is 1.34. The zero-order valence-electron chi connectivity index (χ0n) is 20.4. The Kier molecular flexibility index (Phi) is 12.9. The number of esters is 1. The second-order valence-corrected chi connectivity index (χ2v) is 9.79. The van der Waals surface area contributed by atoms with Crippen LogP contribution in [-0.2, 0) is 20.7 Å². The van der Waals surface area contributed by atoms with Crippen molar-refractivity contribution >= 4 is 36.3 Å². The van der Waals surface area contributed by atoms with Crippen LogP contribution in [0.1, 0.15) is 31.7 Å². The number of aryl methyl sites for hydroxylation is 1. The summed E-state index contributed by atoms with van der Waals surface area (Å²) in [5.41, 5.74) is 7.12. The lowest BCUT2D eigenvalue weighted by Crippen LogP contribution is -2.50. The minimum Gasteiger partial charge on any atom is -0.489 e. The average Bonchev–Trinajstić information content (AvgIpc) is 3.24. The first-order valence-electron chi connectivity index (χ1n) is 11.8. The summed E-state index contributed by atoms with van der Waals surface area (Å²) in [6, 6.07) is 6.85. The molecule has 0 radical (unpaired) electrons. The van der Waals surface area contributed by atoms with Crippen LogP contribution in [0.25, 0.3) is 0 Å². The van der Waals surface area contributed by atoms with Gasteiger partial charge in [0.2, 0.25) is 5.91 Å². The second-order valence-electron chi connectivity index (χ2n) is 8.44. The highest BCUT2D eigenvalue weighted by molar-refractivity contribution is 7.98. The zero-order chi connectivity index (χ0) is 24.9. The molecule has 34 heavy (non-hydrogen) atoms. The SMILES string of the molecule is CCCc1ccccc1O[C@H]1C[C@H](C(=O)N[C@H](CCSC)C(=O)OC)N(CC=C[C@@H](N)CS)C1. The lowest BCUT2D eigenvalue weighted by Gasteiger charge is -2.24. The molecular weight excluding hydrogens is 470 g/mol. The lowest BCUT2D eigenvalue weighted by atomic mass is 10.1. The lowest BCUT2D eigenvalue weighted by molar-refractivity contribution is -0.145. The molecule has 190 valence electrons. The van der Waals surface area contributed by atoms with E-state index in [0.29, 0.717) is 31.7 Å². The van der Waals surface area contributed by atoms with Crippen molar-refractivity contribution in [3.8, 4) is 5.75 Å². The number of para-hydroxylation sites is 1. The second kappa shape index (κ2) is 15.3. The van der Waals surface area contributed by atoms with E-state index in [2.05, 4.69) is 35.8 Å². The largest absolute Gasteiger partial charge is 0.489 e. The fraction of sp³-hybridized carbons (Fsp3) is 0.600. The standard InChI is InChI=1S/C25H39N3O4S2/c1-4-8-18-9-5-6-11-23(18)32-20-15-22(28(16-20)13-7-10-19(26)17-33)24(29)27-21(12-14-34-3)25(30)31-2/h5-7,9-11,19-22,33H,4,8,12-17,26H2,1-3H3,(H,27,29)/t19-,20+,21-,22-/m1/s1. The minimum absolute atomic E-state index is 0.136. The fourth-order valence-corrected chi connectivity index (χ4v) is 4.62. The van der Waals surface area contributed by atoms with Gasteiger partial charge in [-0.05, 0) is 36.5 Å². The summed E-state index contributed by atoms with van der Waals surface area (Å²) in [6.45, 7) is 3.31. The van der Waals surface area contributed by atoms with Crippen LogP contribution in [0.4, 0.5) is 0 Å². The molecule has 1 aliphatic rings. The number of hydrogen-bond acceptors (Lipinski definition) is 8. The smallest absolute Gasteiger partial charge is 0.328 e. The predicted octanol–water partition coefficient (Wildman–Crippen LogP) is 2.69. The van der Waals surface area contributed by atoms with Gasteiger partial charge in [-0.25, -0.2) is 4.79 Å². The topological polar surface area (TPSA) is 93.9 Å². The molecule has 0 aromatic heterocycles. The molecule has 1 aromatic rings. The Balaban J connectivity index is 2.15. The van der Waals surface area contributed by atoms with Crippen LogP contribution < -0.4 is 15.8 Å². The summed E-state index contributed by atoms with van der Waals surface area (Å²) < 4.78 is 11.3. The Bertz CT molecular complexity index is 808. The zero-order valence-corrected chi connectivity index (χ0v) is 22.2. The van der Waals surface area contributed by atoms with Gasteiger partial charge in [0.25, 0.3) is 0 Å². The maximum absolute atomic E-state index is 13.3. The van der Waals surface area contributed by atoms with E-state index in [-0.39, 0.29) is 18.1 Å². The highest BCUT2D eigenvalue weighted by Crippen LogP contribution is 2.27. The molecule has 0 bridgehead atoms. The van der Waals surface area contributed by atoms with E-state index in [1.54, 1.807) is 11.8 Å². The van der Waals surface area contributed by atoms with E-state index in [0.717, 1.165) is 24.3 Å². The molecule has 0 aliphatic carbocycles. The van der Waals surface area contributed by atoms with Crippen LogP contribution in [0.5, 0.6) is 5.75 Å². The number of carbonyl (C=O) groups excluding carboxylic acids is 2. The molecule has 7 nitrogen and oxygen atoms in total. The van der Waals surface area contributed by atoms with Crippen molar-refractivity contribution in [2.45, 2.75) is 56.8 Å². The van der Waals surface area contributed by atoms with Crippen LogP contribution in [0.2, 0.25) is 0 Å². The van der Waals surface area contributed by atoms with Gasteiger partial charge in [0, 0.05) is 31.3 Å². The molecule has 4 atom stereocenters. The molecule has 1 saturated heterocycles. The number of nitrogens with two attached hydrogens (primary N) is 1. The van der Waals surface area contributed by atoms with E-state index in [4.69, 9.17) is 15.2 Å². The molecule has 3 N–H and O–H groups in total. The normalized spacial score (nSPS) is 20.3. The molecule has 1 heterocycles. The Labute approximate surface area is 213 Å². The summed E-state index contributed by atoms with van der Waals surface area (Å²) in [6.07, 6.45) is 8.74. The van der Waals surface area contributed by atoms with Gasteiger partial charge in [-0.15, -0.1) is 0 Å². The number of nitrogens with zero attached hydrogens (tertiary/aromatic N) is 1. The minimum atomic E-state index is -0.662. The van der Waals surface area contributed by atoms with Crippen molar-refractivity contribution in [2.24, 2.45) is 5.73 Å². The van der Waals surface area contributed by atoms with Gasteiger partial charge in [0.15, 0.2) is 0 Å². The number of ether oxygens (including phenoxy) is 2. The monoisotopic (exact) mass is 509 g/mol. The van der Waals surface area contributed by atoms with Crippen LogP contribution >= 0.6 is 24.4 Å². The van der Waals surface area contributed by atoms with E-state index in [9.17, 15) is 9.59 Å². The van der Waals surface area contributed by atoms with Crippen LogP contribution in [0, 0.1) is 0 Å². The Morgan fingerprint density at radius 1 is 1.38 bits per heavy atom. The highest BCUT2D eigenvalue weighted by Gasteiger charge is 2.39.